The van der Waals surface area contributed by atoms with Gasteiger partial charge in [0.15, 0.2) is 0 Å². The first kappa shape index (κ1) is 15.7. The summed E-state index contributed by atoms with van der Waals surface area (Å²) in [6, 6.07) is 8.01. The summed E-state index contributed by atoms with van der Waals surface area (Å²) in [5.74, 6) is 0.508. The van der Waals surface area contributed by atoms with Gasteiger partial charge in [0, 0.05) is 18.8 Å². The summed E-state index contributed by atoms with van der Waals surface area (Å²) in [5.41, 5.74) is 2.13. The molecule has 0 saturated heterocycles. The maximum absolute atomic E-state index is 11.7. The number of nitrogens with zero attached hydrogens (tertiary/aromatic N) is 1. The predicted octanol–water partition coefficient (Wildman–Crippen LogP) is 1.90. The number of nitrogens with one attached hydrogen (secondary N) is 2. The summed E-state index contributed by atoms with van der Waals surface area (Å²) < 4.78 is 0. The van der Waals surface area contributed by atoms with E-state index >= 15 is 0 Å². The lowest BCUT2D eigenvalue weighted by Crippen LogP contribution is -2.33. The molecule has 0 aliphatic rings. The highest BCUT2D eigenvalue weighted by Crippen LogP contribution is 2.16. The maximum Gasteiger partial charge on any atom is 0.238 e. The molecule has 0 heterocycles. The summed E-state index contributed by atoms with van der Waals surface area (Å²) in [6.45, 7) is 6.40. The molecular formula is C15H25N3O. The normalized spacial score (nSPS) is 11.1. The van der Waals surface area contributed by atoms with Gasteiger partial charge in [-0.2, -0.15) is 0 Å². The second-order valence-corrected chi connectivity index (χ2v) is 5.30. The largest absolute Gasteiger partial charge is 0.325 e. The Morgan fingerprint density at radius 1 is 1.21 bits per heavy atom. The smallest absolute Gasteiger partial charge is 0.238 e. The van der Waals surface area contributed by atoms with Crippen LogP contribution in [0.3, 0.4) is 0 Å². The molecule has 0 aromatic heterocycles. The Balaban J connectivity index is 2.32. The first-order valence-electron chi connectivity index (χ1n) is 6.74. The molecule has 4 heteroatoms. The van der Waals surface area contributed by atoms with Crippen molar-refractivity contribution in [2.75, 3.05) is 39.0 Å². The average Bonchev–Trinajstić information content (AvgIpc) is 2.35. The molecule has 106 valence electrons. The number of rotatable bonds is 7. The Hall–Kier alpha value is -1.39. The van der Waals surface area contributed by atoms with Crippen molar-refractivity contribution in [3.63, 3.8) is 0 Å². The molecule has 1 amide bonds. The van der Waals surface area contributed by atoms with E-state index in [1.54, 1.807) is 0 Å². The van der Waals surface area contributed by atoms with Crippen LogP contribution in [-0.4, -0.2) is 44.5 Å². The lowest BCUT2D eigenvalue weighted by molar-refractivity contribution is -0.115. The lowest BCUT2D eigenvalue weighted by atomic mass is 10.0. The number of anilines is 1. The predicted molar refractivity (Wildman–Crippen MR) is 80.6 cm³/mol. The van der Waals surface area contributed by atoms with Crippen LogP contribution in [0.25, 0.3) is 0 Å². The fraction of sp³-hybridized carbons (Fsp3) is 0.533. The van der Waals surface area contributed by atoms with Gasteiger partial charge in [0.05, 0.1) is 6.54 Å². The van der Waals surface area contributed by atoms with Crippen molar-refractivity contribution in [1.82, 2.24) is 10.2 Å². The third kappa shape index (κ3) is 6.36. The quantitative estimate of drug-likeness (QED) is 0.739. The molecule has 0 fully saturated rings. The highest BCUT2D eigenvalue weighted by molar-refractivity contribution is 5.92. The van der Waals surface area contributed by atoms with Crippen molar-refractivity contribution in [3.8, 4) is 0 Å². The van der Waals surface area contributed by atoms with Gasteiger partial charge in [0.1, 0.15) is 0 Å². The minimum atomic E-state index is -0.00365. The van der Waals surface area contributed by atoms with Crippen LogP contribution in [0.5, 0.6) is 0 Å². The van der Waals surface area contributed by atoms with Crippen LogP contribution in [0.2, 0.25) is 0 Å². The topological polar surface area (TPSA) is 44.4 Å². The van der Waals surface area contributed by atoms with Crippen LogP contribution in [0.4, 0.5) is 5.69 Å². The van der Waals surface area contributed by atoms with Gasteiger partial charge >= 0.3 is 0 Å². The SMILES string of the molecule is CC(C)c1ccc(NC(=O)CNCCN(C)C)cc1. The zero-order chi connectivity index (χ0) is 14.3. The van der Waals surface area contributed by atoms with Gasteiger partial charge in [-0.25, -0.2) is 0 Å². The fourth-order valence-electron chi connectivity index (χ4n) is 1.66. The Morgan fingerprint density at radius 2 is 1.84 bits per heavy atom. The molecule has 0 unspecified atom stereocenters. The number of benzene rings is 1. The molecule has 1 rings (SSSR count). The molecule has 0 aliphatic carbocycles. The zero-order valence-electron chi connectivity index (χ0n) is 12.4. The molecule has 0 radical (unpaired) electrons. The van der Waals surface area contributed by atoms with E-state index in [1.165, 1.54) is 5.56 Å². The van der Waals surface area contributed by atoms with Gasteiger partial charge in [-0.1, -0.05) is 26.0 Å². The van der Waals surface area contributed by atoms with Crippen LogP contribution >= 0.6 is 0 Å². The first-order chi connectivity index (χ1) is 8.99. The van der Waals surface area contributed by atoms with Crippen molar-refractivity contribution >= 4 is 11.6 Å². The van der Waals surface area contributed by atoms with E-state index < -0.39 is 0 Å². The molecule has 0 spiro atoms. The van der Waals surface area contributed by atoms with E-state index in [9.17, 15) is 4.79 Å². The molecule has 0 bridgehead atoms. The van der Waals surface area contributed by atoms with E-state index in [0.29, 0.717) is 12.5 Å². The second kappa shape index (κ2) is 7.92. The fourth-order valence-corrected chi connectivity index (χ4v) is 1.66. The average molecular weight is 263 g/mol. The lowest BCUT2D eigenvalue weighted by Gasteiger charge is -2.11. The van der Waals surface area contributed by atoms with Crippen LogP contribution < -0.4 is 10.6 Å². The van der Waals surface area contributed by atoms with Crippen molar-refractivity contribution < 1.29 is 4.79 Å². The number of carbonyl (C=O) groups excluding carboxylic acids is 1. The minimum Gasteiger partial charge on any atom is -0.325 e. The van der Waals surface area contributed by atoms with Crippen LogP contribution in [0.1, 0.15) is 25.3 Å². The highest BCUT2D eigenvalue weighted by Gasteiger charge is 2.03. The van der Waals surface area contributed by atoms with Gasteiger partial charge in [0.2, 0.25) is 5.91 Å². The minimum absolute atomic E-state index is 0.00365. The van der Waals surface area contributed by atoms with Crippen molar-refractivity contribution in [1.29, 1.82) is 0 Å². The summed E-state index contributed by atoms with van der Waals surface area (Å²) >= 11 is 0. The van der Waals surface area contributed by atoms with Gasteiger partial charge in [0.25, 0.3) is 0 Å². The second-order valence-electron chi connectivity index (χ2n) is 5.30. The number of amides is 1. The molecule has 0 saturated carbocycles. The molecular weight excluding hydrogens is 238 g/mol. The Labute approximate surface area is 116 Å². The molecule has 1 aromatic rings. The van der Waals surface area contributed by atoms with Gasteiger partial charge in [-0.05, 0) is 37.7 Å². The van der Waals surface area contributed by atoms with Crippen molar-refractivity contribution in [3.05, 3.63) is 29.8 Å². The van der Waals surface area contributed by atoms with E-state index in [0.717, 1.165) is 18.8 Å². The number of hydrogen-bond acceptors (Lipinski definition) is 3. The monoisotopic (exact) mass is 263 g/mol. The van der Waals surface area contributed by atoms with Crippen molar-refractivity contribution in [2.45, 2.75) is 19.8 Å². The first-order valence-corrected chi connectivity index (χ1v) is 6.74. The highest BCUT2D eigenvalue weighted by atomic mass is 16.1. The Bertz CT molecular complexity index is 385. The number of likely N-dealkylation sites (N-methyl/N-ethyl adjacent to an activating group) is 1. The van der Waals surface area contributed by atoms with Crippen molar-refractivity contribution in [2.24, 2.45) is 0 Å². The molecule has 0 aliphatic heterocycles. The van der Waals surface area contributed by atoms with Gasteiger partial charge in [-0.15, -0.1) is 0 Å². The third-order valence-corrected chi connectivity index (χ3v) is 2.88. The molecule has 2 N–H and O–H groups in total. The van der Waals surface area contributed by atoms with Gasteiger partial charge in [-0.3, -0.25) is 4.79 Å². The molecule has 1 aromatic carbocycles. The summed E-state index contributed by atoms with van der Waals surface area (Å²) in [6.07, 6.45) is 0. The third-order valence-electron chi connectivity index (χ3n) is 2.88. The maximum atomic E-state index is 11.7. The number of hydrogen-bond donors (Lipinski definition) is 2. The standard InChI is InChI=1S/C15H25N3O/c1-12(2)13-5-7-14(8-6-13)17-15(19)11-16-9-10-18(3)4/h5-8,12,16H,9-11H2,1-4H3,(H,17,19). The summed E-state index contributed by atoms with van der Waals surface area (Å²) in [5, 5.41) is 5.99. The Morgan fingerprint density at radius 3 is 2.37 bits per heavy atom. The zero-order valence-corrected chi connectivity index (χ0v) is 12.4. The Kier molecular flexibility index (Phi) is 6.53. The van der Waals surface area contributed by atoms with Crippen LogP contribution in [0.15, 0.2) is 24.3 Å². The van der Waals surface area contributed by atoms with E-state index in [-0.39, 0.29) is 5.91 Å². The molecule has 19 heavy (non-hydrogen) atoms. The van der Waals surface area contributed by atoms with E-state index in [1.807, 2.05) is 26.2 Å². The molecule has 0 atom stereocenters. The van der Waals surface area contributed by atoms with Crippen LogP contribution in [0, 0.1) is 0 Å². The molecule has 4 nitrogen and oxygen atoms in total. The van der Waals surface area contributed by atoms with Gasteiger partial charge < -0.3 is 15.5 Å². The van der Waals surface area contributed by atoms with Crippen LogP contribution in [-0.2, 0) is 4.79 Å². The van der Waals surface area contributed by atoms with E-state index in [4.69, 9.17) is 0 Å². The summed E-state index contributed by atoms with van der Waals surface area (Å²) in [7, 11) is 4.02. The van der Waals surface area contributed by atoms with E-state index in [2.05, 4.69) is 41.5 Å². The number of carbonyl (C=O) groups is 1. The summed E-state index contributed by atoms with van der Waals surface area (Å²) in [4.78, 5) is 13.8.